The lowest BCUT2D eigenvalue weighted by Crippen LogP contribution is -2.22. The van der Waals surface area contributed by atoms with E-state index in [1.165, 1.54) is 0 Å². The SMILES string of the molecule is Cc1cc2oc(-c3ccc(C(C)(C)C)cc3)c(OCC(=O)Nc3ccc(Cl)cc3)c(=O)c2cc1C. The minimum Gasteiger partial charge on any atom is -0.476 e. The van der Waals surface area contributed by atoms with E-state index in [1.54, 1.807) is 30.3 Å². The molecule has 1 amide bonds. The van der Waals surface area contributed by atoms with E-state index in [-0.39, 0.29) is 23.2 Å². The largest absolute Gasteiger partial charge is 0.476 e. The number of nitrogens with one attached hydrogen (secondary N) is 1. The van der Waals surface area contributed by atoms with Crippen LogP contribution in [0.25, 0.3) is 22.3 Å². The van der Waals surface area contributed by atoms with Crippen LogP contribution in [0.2, 0.25) is 5.02 Å². The Bertz CT molecular complexity index is 1450. The molecule has 0 aliphatic carbocycles. The van der Waals surface area contributed by atoms with Crippen molar-refractivity contribution in [3.8, 4) is 17.1 Å². The Balaban J connectivity index is 1.73. The molecule has 0 saturated carbocycles. The van der Waals surface area contributed by atoms with Crippen LogP contribution in [0, 0.1) is 13.8 Å². The number of hydrogen-bond donors (Lipinski definition) is 1. The lowest BCUT2D eigenvalue weighted by molar-refractivity contribution is -0.118. The molecule has 3 aromatic carbocycles. The number of amides is 1. The predicted molar refractivity (Wildman–Crippen MR) is 142 cm³/mol. The summed E-state index contributed by atoms with van der Waals surface area (Å²) in [6, 6.07) is 18.2. The molecular weight excluding hydrogens is 462 g/mol. The van der Waals surface area contributed by atoms with E-state index >= 15 is 0 Å². The van der Waals surface area contributed by atoms with Crippen LogP contribution in [0.4, 0.5) is 5.69 Å². The molecular formula is C29H28ClNO4. The number of aryl methyl sites for hydroxylation is 2. The number of rotatable bonds is 5. The third-order valence-corrected chi connectivity index (χ3v) is 6.21. The van der Waals surface area contributed by atoms with E-state index in [1.807, 2.05) is 44.2 Å². The van der Waals surface area contributed by atoms with Gasteiger partial charge in [-0.3, -0.25) is 9.59 Å². The van der Waals surface area contributed by atoms with Crippen molar-refractivity contribution in [3.05, 3.63) is 92.6 Å². The van der Waals surface area contributed by atoms with Crippen molar-refractivity contribution in [1.29, 1.82) is 0 Å². The van der Waals surface area contributed by atoms with E-state index in [0.29, 0.717) is 33.0 Å². The normalized spacial score (nSPS) is 11.5. The average Bonchev–Trinajstić information content (AvgIpc) is 2.81. The number of carbonyl (C=O) groups is 1. The molecule has 35 heavy (non-hydrogen) atoms. The van der Waals surface area contributed by atoms with Crippen molar-refractivity contribution in [2.45, 2.75) is 40.0 Å². The number of halogens is 1. The molecule has 0 radical (unpaired) electrons. The van der Waals surface area contributed by atoms with Gasteiger partial charge >= 0.3 is 0 Å². The second-order valence-corrected chi connectivity index (χ2v) is 10.1. The van der Waals surface area contributed by atoms with Gasteiger partial charge in [0, 0.05) is 16.3 Å². The lowest BCUT2D eigenvalue weighted by atomic mass is 9.86. The minimum absolute atomic E-state index is 0.00974. The zero-order valence-corrected chi connectivity index (χ0v) is 21.2. The van der Waals surface area contributed by atoms with Crippen LogP contribution in [0.5, 0.6) is 5.75 Å². The molecule has 1 heterocycles. The van der Waals surface area contributed by atoms with Gasteiger partial charge in [-0.2, -0.15) is 0 Å². The van der Waals surface area contributed by atoms with Crippen LogP contribution >= 0.6 is 11.6 Å². The summed E-state index contributed by atoms with van der Waals surface area (Å²) < 4.78 is 12.0. The topological polar surface area (TPSA) is 68.5 Å². The van der Waals surface area contributed by atoms with E-state index < -0.39 is 5.91 Å². The molecule has 0 saturated heterocycles. The van der Waals surface area contributed by atoms with Gasteiger partial charge in [0.05, 0.1) is 5.39 Å². The first kappa shape index (κ1) is 24.6. The fourth-order valence-electron chi connectivity index (χ4n) is 3.74. The fourth-order valence-corrected chi connectivity index (χ4v) is 3.87. The number of carbonyl (C=O) groups excluding carboxylic acids is 1. The second-order valence-electron chi connectivity index (χ2n) is 9.69. The monoisotopic (exact) mass is 489 g/mol. The second kappa shape index (κ2) is 9.59. The first-order valence-corrected chi connectivity index (χ1v) is 11.8. The maximum absolute atomic E-state index is 13.5. The third kappa shape index (κ3) is 5.41. The molecule has 0 aliphatic rings. The van der Waals surface area contributed by atoms with Gasteiger partial charge in [0.2, 0.25) is 11.2 Å². The van der Waals surface area contributed by atoms with Gasteiger partial charge in [0.15, 0.2) is 12.4 Å². The zero-order chi connectivity index (χ0) is 25.3. The Kier molecular flexibility index (Phi) is 6.73. The maximum atomic E-state index is 13.5. The van der Waals surface area contributed by atoms with Crippen molar-refractivity contribution in [1.82, 2.24) is 0 Å². The molecule has 4 rings (SSSR count). The van der Waals surface area contributed by atoms with Gasteiger partial charge in [-0.05, 0) is 72.4 Å². The Morgan fingerprint density at radius 2 is 1.60 bits per heavy atom. The van der Waals surface area contributed by atoms with E-state index in [9.17, 15) is 9.59 Å². The highest BCUT2D eigenvalue weighted by Gasteiger charge is 2.21. The van der Waals surface area contributed by atoms with Crippen molar-refractivity contribution in [2.24, 2.45) is 0 Å². The standard InChI is InChI=1S/C29H28ClNO4/c1-17-14-23-24(15-18(17)2)35-27(19-6-8-20(9-7-19)29(3,4)5)28(26(23)33)34-16-25(32)31-22-12-10-21(30)11-13-22/h6-15H,16H2,1-5H3,(H,31,32). The number of benzene rings is 3. The van der Waals surface area contributed by atoms with Crippen molar-refractivity contribution in [3.63, 3.8) is 0 Å². The van der Waals surface area contributed by atoms with Gasteiger partial charge in [0.25, 0.3) is 5.91 Å². The number of hydrogen-bond acceptors (Lipinski definition) is 4. The number of ether oxygens (including phenoxy) is 1. The summed E-state index contributed by atoms with van der Waals surface area (Å²) in [5.41, 5.74) is 4.57. The van der Waals surface area contributed by atoms with E-state index in [4.69, 9.17) is 20.8 Å². The molecule has 0 bridgehead atoms. The third-order valence-electron chi connectivity index (χ3n) is 5.95. The van der Waals surface area contributed by atoms with Gasteiger partial charge in [0.1, 0.15) is 5.58 Å². The molecule has 0 aliphatic heterocycles. The molecule has 6 heteroatoms. The summed E-state index contributed by atoms with van der Waals surface area (Å²) >= 11 is 5.90. The molecule has 0 atom stereocenters. The summed E-state index contributed by atoms with van der Waals surface area (Å²) in [4.78, 5) is 26.0. The Morgan fingerprint density at radius 1 is 0.971 bits per heavy atom. The summed E-state index contributed by atoms with van der Waals surface area (Å²) in [5, 5.41) is 3.72. The molecule has 180 valence electrons. The zero-order valence-electron chi connectivity index (χ0n) is 20.5. The summed E-state index contributed by atoms with van der Waals surface area (Å²) in [7, 11) is 0. The first-order valence-electron chi connectivity index (χ1n) is 11.4. The molecule has 0 fully saturated rings. The Morgan fingerprint density at radius 3 is 2.23 bits per heavy atom. The highest BCUT2D eigenvalue weighted by Crippen LogP contribution is 2.33. The van der Waals surface area contributed by atoms with Crippen molar-refractivity contribution < 1.29 is 13.9 Å². The van der Waals surface area contributed by atoms with E-state index in [2.05, 4.69) is 26.1 Å². The summed E-state index contributed by atoms with van der Waals surface area (Å²) in [6.07, 6.45) is 0. The van der Waals surface area contributed by atoms with Crippen LogP contribution < -0.4 is 15.5 Å². The van der Waals surface area contributed by atoms with Crippen molar-refractivity contribution >= 4 is 34.2 Å². The molecule has 0 unspecified atom stereocenters. The number of anilines is 1. The average molecular weight is 490 g/mol. The van der Waals surface area contributed by atoms with E-state index in [0.717, 1.165) is 16.7 Å². The quantitative estimate of drug-likeness (QED) is 0.326. The van der Waals surface area contributed by atoms with Crippen LogP contribution in [0.15, 0.2) is 69.9 Å². The Hall–Kier alpha value is -3.57. The first-order chi connectivity index (χ1) is 16.5. The summed E-state index contributed by atoms with van der Waals surface area (Å²) in [5.74, 6) is -0.0954. The minimum atomic E-state index is -0.402. The predicted octanol–water partition coefficient (Wildman–Crippen LogP) is 7.05. The van der Waals surface area contributed by atoms with Gasteiger partial charge < -0.3 is 14.5 Å². The smallest absolute Gasteiger partial charge is 0.262 e. The van der Waals surface area contributed by atoms with Gasteiger partial charge in [-0.15, -0.1) is 0 Å². The van der Waals surface area contributed by atoms with Crippen LogP contribution in [0.1, 0.15) is 37.5 Å². The van der Waals surface area contributed by atoms with Crippen LogP contribution in [-0.2, 0) is 10.2 Å². The van der Waals surface area contributed by atoms with Gasteiger partial charge in [-0.1, -0.05) is 56.6 Å². The van der Waals surface area contributed by atoms with Crippen LogP contribution in [0.3, 0.4) is 0 Å². The summed E-state index contributed by atoms with van der Waals surface area (Å²) in [6.45, 7) is 9.97. The van der Waals surface area contributed by atoms with Crippen LogP contribution in [-0.4, -0.2) is 12.5 Å². The molecule has 4 aromatic rings. The molecule has 0 spiro atoms. The highest BCUT2D eigenvalue weighted by molar-refractivity contribution is 6.30. The molecule has 1 aromatic heterocycles. The van der Waals surface area contributed by atoms with Gasteiger partial charge in [-0.25, -0.2) is 0 Å². The fraction of sp³-hybridized carbons (Fsp3) is 0.241. The molecule has 5 nitrogen and oxygen atoms in total. The Labute approximate surface area is 209 Å². The maximum Gasteiger partial charge on any atom is 0.262 e. The number of fused-ring (bicyclic) bond motifs is 1. The highest BCUT2D eigenvalue weighted by atomic mass is 35.5. The van der Waals surface area contributed by atoms with Crippen molar-refractivity contribution in [2.75, 3.05) is 11.9 Å². The lowest BCUT2D eigenvalue weighted by Gasteiger charge is -2.19. The molecule has 1 N–H and O–H groups in total.